The van der Waals surface area contributed by atoms with E-state index in [0.29, 0.717) is 22.5 Å². The lowest BCUT2D eigenvalue weighted by atomic mass is 10.1. The van der Waals surface area contributed by atoms with Gasteiger partial charge in [0.05, 0.1) is 11.8 Å². The smallest absolute Gasteiger partial charge is 0.287 e. The van der Waals surface area contributed by atoms with E-state index in [1.807, 2.05) is 30.3 Å². The summed E-state index contributed by atoms with van der Waals surface area (Å²) < 4.78 is 6.43. The summed E-state index contributed by atoms with van der Waals surface area (Å²) in [5.41, 5.74) is 2.55. The van der Waals surface area contributed by atoms with Crippen molar-refractivity contribution in [2.45, 2.75) is 6.92 Å². The first-order valence-electron chi connectivity index (χ1n) is 7.21. The maximum atomic E-state index is 12.8. The zero-order valence-corrected chi connectivity index (χ0v) is 12.6. The topological polar surface area (TPSA) is 100.0 Å². The van der Waals surface area contributed by atoms with Gasteiger partial charge < -0.3 is 9.40 Å². The highest BCUT2D eigenvalue weighted by Gasteiger charge is 2.21. The van der Waals surface area contributed by atoms with Crippen LogP contribution in [0.25, 0.3) is 28.2 Å². The maximum absolute atomic E-state index is 12.8. The highest BCUT2D eigenvalue weighted by atomic mass is 16.3. The van der Waals surface area contributed by atoms with Crippen LogP contribution in [-0.2, 0) is 0 Å². The van der Waals surface area contributed by atoms with Crippen molar-refractivity contribution in [1.82, 2.24) is 19.6 Å². The van der Waals surface area contributed by atoms with Crippen molar-refractivity contribution in [1.29, 1.82) is 5.26 Å². The van der Waals surface area contributed by atoms with E-state index in [1.165, 1.54) is 17.0 Å². The summed E-state index contributed by atoms with van der Waals surface area (Å²) in [7, 11) is 0. The lowest BCUT2D eigenvalue weighted by molar-refractivity contribution is 0.572. The largest absolute Gasteiger partial charge is 0.444 e. The van der Waals surface area contributed by atoms with Crippen LogP contribution in [0.4, 0.5) is 0 Å². The molecule has 0 radical (unpaired) electrons. The predicted molar refractivity (Wildman–Crippen MR) is 86.2 cm³/mol. The highest BCUT2D eigenvalue weighted by Crippen LogP contribution is 2.27. The zero-order valence-electron chi connectivity index (χ0n) is 12.6. The summed E-state index contributed by atoms with van der Waals surface area (Å²) >= 11 is 0. The predicted octanol–water partition coefficient (Wildman–Crippen LogP) is 2.52. The number of nitrogens with one attached hydrogen (secondary N) is 1. The molecule has 0 aliphatic rings. The van der Waals surface area contributed by atoms with Gasteiger partial charge in [-0.3, -0.25) is 4.79 Å². The van der Waals surface area contributed by atoms with Crippen LogP contribution in [0.1, 0.15) is 11.4 Å². The van der Waals surface area contributed by atoms with Crippen molar-refractivity contribution in [3.05, 3.63) is 64.5 Å². The van der Waals surface area contributed by atoms with Gasteiger partial charge in [-0.15, -0.1) is 0 Å². The van der Waals surface area contributed by atoms with Crippen LogP contribution in [0.3, 0.4) is 0 Å². The molecule has 0 aliphatic carbocycles. The second-order valence-electron chi connectivity index (χ2n) is 5.23. The molecule has 0 bridgehead atoms. The molecule has 0 fully saturated rings. The zero-order chi connectivity index (χ0) is 16.7. The van der Waals surface area contributed by atoms with Gasteiger partial charge in [-0.25, -0.2) is 4.98 Å². The van der Waals surface area contributed by atoms with E-state index in [1.54, 1.807) is 6.92 Å². The first kappa shape index (κ1) is 14.0. The van der Waals surface area contributed by atoms with Crippen molar-refractivity contribution in [2.75, 3.05) is 0 Å². The Balaban J connectivity index is 2.11. The number of oxazole rings is 1. The second-order valence-corrected chi connectivity index (χ2v) is 5.23. The average Bonchev–Trinajstić information content (AvgIpc) is 3.23. The molecule has 1 N–H and O–H groups in total. The van der Waals surface area contributed by atoms with E-state index < -0.39 is 0 Å². The molecule has 24 heavy (non-hydrogen) atoms. The van der Waals surface area contributed by atoms with Crippen LogP contribution < -0.4 is 5.56 Å². The molecule has 3 aromatic heterocycles. The number of hydrogen-bond acceptors (Lipinski definition) is 5. The number of aromatic amines is 1. The summed E-state index contributed by atoms with van der Waals surface area (Å²) in [6.45, 7) is 1.76. The minimum Gasteiger partial charge on any atom is -0.444 e. The number of hydrogen-bond donors (Lipinski definition) is 1. The normalized spacial score (nSPS) is 10.8. The van der Waals surface area contributed by atoms with E-state index in [0.717, 1.165) is 5.56 Å². The summed E-state index contributed by atoms with van der Waals surface area (Å²) in [4.78, 5) is 20.0. The molecule has 4 aromatic rings. The van der Waals surface area contributed by atoms with Gasteiger partial charge in [0.25, 0.3) is 5.56 Å². The van der Waals surface area contributed by atoms with E-state index in [2.05, 4.69) is 21.1 Å². The minimum atomic E-state index is -0.387. The monoisotopic (exact) mass is 317 g/mol. The van der Waals surface area contributed by atoms with Crippen molar-refractivity contribution >= 4 is 5.65 Å². The summed E-state index contributed by atoms with van der Waals surface area (Å²) in [6.07, 6.45) is 2.87. The van der Waals surface area contributed by atoms with Crippen LogP contribution in [0.15, 0.2) is 52.0 Å². The second kappa shape index (κ2) is 5.21. The molecule has 116 valence electrons. The fourth-order valence-electron chi connectivity index (χ4n) is 2.74. The van der Waals surface area contributed by atoms with Crippen molar-refractivity contribution < 1.29 is 4.42 Å². The quantitative estimate of drug-likeness (QED) is 0.612. The van der Waals surface area contributed by atoms with Crippen molar-refractivity contribution in [3.63, 3.8) is 0 Å². The van der Waals surface area contributed by atoms with Gasteiger partial charge >= 0.3 is 0 Å². The Bertz CT molecular complexity index is 1130. The van der Waals surface area contributed by atoms with Crippen LogP contribution in [0, 0.1) is 18.3 Å². The standard InChI is InChI=1S/C17H11N5O2/c1-10-13(16-19-7-8-24-16)17(23)22-15(20-10)14(12(9-18)21-22)11-5-3-2-4-6-11/h2-8,20H,1H3. The van der Waals surface area contributed by atoms with Crippen LogP contribution in [0.5, 0.6) is 0 Å². The lowest BCUT2D eigenvalue weighted by Crippen LogP contribution is -2.19. The molecule has 0 saturated heterocycles. The Hall–Kier alpha value is -3.66. The molecular weight excluding hydrogens is 306 g/mol. The van der Waals surface area contributed by atoms with Gasteiger partial charge in [0.15, 0.2) is 5.69 Å². The molecule has 0 unspecified atom stereocenters. The van der Waals surface area contributed by atoms with Crippen LogP contribution >= 0.6 is 0 Å². The molecule has 0 amide bonds. The number of benzene rings is 1. The van der Waals surface area contributed by atoms with Gasteiger partial charge in [-0.2, -0.15) is 14.9 Å². The van der Waals surface area contributed by atoms with E-state index in [4.69, 9.17) is 4.42 Å². The Morgan fingerprint density at radius 2 is 2.04 bits per heavy atom. The van der Waals surface area contributed by atoms with Gasteiger partial charge in [-0.1, -0.05) is 30.3 Å². The summed E-state index contributed by atoms with van der Waals surface area (Å²) in [6, 6.07) is 11.4. The first-order chi connectivity index (χ1) is 11.7. The number of aromatic nitrogens is 4. The third-order valence-electron chi connectivity index (χ3n) is 3.79. The van der Waals surface area contributed by atoms with Gasteiger partial charge in [-0.05, 0) is 12.5 Å². The summed E-state index contributed by atoms with van der Waals surface area (Å²) in [5.74, 6) is 0.214. The maximum Gasteiger partial charge on any atom is 0.287 e. The SMILES string of the molecule is Cc1[nH]c2c(-c3ccccc3)c(C#N)nn2c(=O)c1-c1ncco1. The Kier molecular flexibility index (Phi) is 3.03. The lowest BCUT2D eigenvalue weighted by Gasteiger charge is -2.04. The van der Waals surface area contributed by atoms with E-state index >= 15 is 0 Å². The molecule has 1 aromatic carbocycles. The average molecular weight is 317 g/mol. The highest BCUT2D eigenvalue weighted by molar-refractivity contribution is 5.82. The number of aryl methyl sites for hydroxylation is 1. The van der Waals surface area contributed by atoms with Crippen LogP contribution in [0.2, 0.25) is 0 Å². The number of nitriles is 1. The molecule has 4 rings (SSSR count). The molecule has 0 spiro atoms. The molecule has 7 nitrogen and oxygen atoms in total. The van der Waals surface area contributed by atoms with Gasteiger partial charge in [0, 0.05) is 5.69 Å². The third-order valence-corrected chi connectivity index (χ3v) is 3.79. The molecule has 7 heteroatoms. The van der Waals surface area contributed by atoms with E-state index in [-0.39, 0.29) is 17.1 Å². The van der Waals surface area contributed by atoms with Crippen LogP contribution in [-0.4, -0.2) is 19.6 Å². The molecule has 0 saturated carbocycles. The fraction of sp³-hybridized carbons (Fsp3) is 0.0588. The third kappa shape index (κ3) is 1.94. The Morgan fingerprint density at radius 1 is 1.25 bits per heavy atom. The van der Waals surface area contributed by atoms with Crippen molar-refractivity contribution in [2.24, 2.45) is 0 Å². The minimum absolute atomic E-state index is 0.179. The molecule has 3 heterocycles. The van der Waals surface area contributed by atoms with Gasteiger partial charge in [0.2, 0.25) is 5.89 Å². The Labute approximate surface area is 135 Å². The number of H-pyrrole nitrogens is 1. The van der Waals surface area contributed by atoms with Crippen molar-refractivity contribution in [3.8, 4) is 28.7 Å². The van der Waals surface area contributed by atoms with E-state index in [9.17, 15) is 10.1 Å². The fourth-order valence-corrected chi connectivity index (χ4v) is 2.74. The number of rotatable bonds is 2. The van der Waals surface area contributed by atoms with Gasteiger partial charge in [0.1, 0.15) is 23.5 Å². The molecule has 0 atom stereocenters. The number of fused-ring (bicyclic) bond motifs is 1. The Morgan fingerprint density at radius 3 is 2.71 bits per heavy atom. The number of nitrogens with zero attached hydrogens (tertiary/aromatic N) is 4. The molecule has 0 aliphatic heterocycles. The molecular formula is C17H11N5O2. The summed E-state index contributed by atoms with van der Waals surface area (Å²) in [5, 5.41) is 13.6. The first-order valence-corrected chi connectivity index (χ1v) is 7.21.